The highest BCUT2D eigenvalue weighted by molar-refractivity contribution is 5.77. The van der Waals surface area contributed by atoms with E-state index < -0.39 is 11.8 Å². The van der Waals surface area contributed by atoms with E-state index in [4.69, 9.17) is 9.84 Å². The van der Waals surface area contributed by atoms with Gasteiger partial charge >= 0.3 is 5.97 Å². The van der Waals surface area contributed by atoms with Gasteiger partial charge in [0.25, 0.3) is 0 Å². The Morgan fingerprint density at radius 3 is 2.71 bits per heavy atom. The van der Waals surface area contributed by atoms with Gasteiger partial charge < -0.3 is 14.7 Å². The van der Waals surface area contributed by atoms with Crippen LogP contribution in [0.5, 0.6) is 5.75 Å². The first kappa shape index (κ1) is 16.9. The number of rotatable bonds is 8. The van der Waals surface area contributed by atoms with Crippen LogP contribution in [0, 0.1) is 5.82 Å². The van der Waals surface area contributed by atoms with Crippen molar-refractivity contribution in [1.29, 1.82) is 0 Å². The molecule has 0 spiro atoms. The molecule has 0 heterocycles. The van der Waals surface area contributed by atoms with E-state index in [2.05, 4.69) is 0 Å². The van der Waals surface area contributed by atoms with Gasteiger partial charge in [-0.25, -0.2) is 4.39 Å². The molecule has 0 aliphatic heterocycles. The number of carbonyl (C=O) groups excluding carboxylic acids is 1. The van der Waals surface area contributed by atoms with E-state index in [0.717, 1.165) is 0 Å². The Bertz CT molecular complexity index is 492. The number of ether oxygens (including phenoxy) is 1. The van der Waals surface area contributed by atoms with E-state index in [0.29, 0.717) is 12.3 Å². The summed E-state index contributed by atoms with van der Waals surface area (Å²) in [5.74, 6) is -1.15. The minimum atomic E-state index is -0.940. The molecular formula is C15H20FNO4. The molecule has 116 valence electrons. The van der Waals surface area contributed by atoms with Gasteiger partial charge in [0, 0.05) is 18.7 Å². The summed E-state index contributed by atoms with van der Waals surface area (Å²) in [6, 6.07) is 5.33. The molecule has 0 saturated carbocycles. The second-order valence-electron chi connectivity index (χ2n) is 4.68. The van der Waals surface area contributed by atoms with E-state index >= 15 is 0 Å². The fraction of sp³-hybridized carbons (Fsp3) is 0.467. The second-order valence-corrected chi connectivity index (χ2v) is 4.68. The largest absolute Gasteiger partial charge is 0.493 e. The fourth-order valence-electron chi connectivity index (χ4n) is 2.05. The number of hydrogen-bond donors (Lipinski definition) is 1. The number of carbonyl (C=O) groups is 2. The van der Waals surface area contributed by atoms with Crippen molar-refractivity contribution in [2.24, 2.45) is 0 Å². The summed E-state index contributed by atoms with van der Waals surface area (Å²) < 4.78 is 18.3. The zero-order valence-electron chi connectivity index (χ0n) is 12.2. The molecule has 1 atom stereocenters. The highest BCUT2D eigenvalue weighted by Gasteiger charge is 2.20. The number of aliphatic carboxylic acids is 1. The van der Waals surface area contributed by atoms with Gasteiger partial charge in [-0.3, -0.25) is 9.59 Å². The van der Waals surface area contributed by atoms with Crippen LogP contribution in [0.25, 0.3) is 0 Å². The molecule has 1 aromatic carbocycles. The third-order valence-corrected chi connectivity index (χ3v) is 3.04. The first-order valence-electron chi connectivity index (χ1n) is 6.83. The van der Waals surface area contributed by atoms with E-state index in [9.17, 15) is 14.0 Å². The van der Waals surface area contributed by atoms with Crippen LogP contribution in [0.2, 0.25) is 0 Å². The van der Waals surface area contributed by atoms with Crippen molar-refractivity contribution in [1.82, 2.24) is 4.90 Å². The number of carboxylic acid groups (broad SMARTS) is 1. The van der Waals surface area contributed by atoms with Gasteiger partial charge in [0.05, 0.1) is 19.4 Å². The standard InChI is InChI=1S/C15H20FNO4/c1-3-17(11(2)9-15(19)20)14(18)7-8-21-13-6-4-5-12(16)10-13/h4-6,10-11H,3,7-9H2,1-2H3,(H,19,20). The van der Waals surface area contributed by atoms with Crippen LogP contribution in [-0.2, 0) is 9.59 Å². The molecule has 0 aromatic heterocycles. The monoisotopic (exact) mass is 297 g/mol. The van der Waals surface area contributed by atoms with E-state index in [1.165, 1.54) is 23.1 Å². The summed E-state index contributed by atoms with van der Waals surface area (Å²) in [7, 11) is 0. The van der Waals surface area contributed by atoms with Crippen molar-refractivity contribution >= 4 is 11.9 Å². The fourth-order valence-corrected chi connectivity index (χ4v) is 2.05. The van der Waals surface area contributed by atoms with Crippen LogP contribution >= 0.6 is 0 Å². The van der Waals surface area contributed by atoms with Gasteiger partial charge in [0.15, 0.2) is 0 Å². The Morgan fingerprint density at radius 2 is 2.14 bits per heavy atom. The molecule has 1 N–H and O–H groups in total. The number of amides is 1. The summed E-state index contributed by atoms with van der Waals surface area (Å²) in [5.41, 5.74) is 0. The minimum Gasteiger partial charge on any atom is -0.493 e. The van der Waals surface area contributed by atoms with E-state index in [1.54, 1.807) is 19.9 Å². The first-order valence-corrected chi connectivity index (χ1v) is 6.83. The van der Waals surface area contributed by atoms with Crippen LogP contribution in [0.1, 0.15) is 26.7 Å². The summed E-state index contributed by atoms with van der Waals surface area (Å²) in [6.45, 7) is 4.05. The van der Waals surface area contributed by atoms with Crippen LogP contribution < -0.4 is 4.74 Å². The molecule has 1 unspecified atom stereocenters. The Balaban J connectivity index is 2.45. The van der Waals surface area contributed by atoms with Gasteiger partial charge in [-0.2, -0.15) is 0 Å². The normalized spacial score (nSPS) is 11.8. The van der Waals surface area contributed by atoms with Crippen molar-refractivity contribution in [2.45, 2.75) is 32.7 Å². The van der Waals surface area contributed by atoms with Crippen LogP contribution in [0.15, 0.2) is 24.3 Å². The van der Waals surface area contributed by atoms with Crippen molar-refractivity contribution in [3.8, 4) is 5.75 Å². The lowest BCUT2D eigenvalue weighted by atomic mass is 10.2. The third-order valence-electron chi connectivity index (χ3n) is 3.04. The lowest BCUT2D eigenvalue weighted by molar-refractivity contribution is -0.140. The minimum absolute atomic E-state index is 0.0929. The molecule has 6 heteroatoms. The average Bonchev–Trinajstić information content (AvgIpc) is 2.38. The molecule has 0 aliphatic rings. The van der Waals surface area contributed by atoms with Gasteiger partial charge in [-0.15, -0.1) is 0 Å². The molecule has 0 radical (unpaired) electrons. The highest BCUT2D eigenvalue weighted by atomic mass is 19.1. The molecule has 21 heavy (non-hydrogen) atoms. The average molecular weight is 297 g/mol. The second kappa shape index (κ2) is 8.24. The smallest absolute Gasteiger partial charge is 0.305 e. The lowest BCUT2D eigenvalue weighted by Gasteiger charge is -2.27. The SMILES string of the molecule is CCN(C(=O)CCOc1cccc(F)c1)C(C)CC(=O)O. The van der Waals surface area contributed by atoms with Gasteiger partial charge in [-0.05, 0) is 26.0 Å². The Kier molecular flexibility index (Phi) is 6.65. The number of nitrogens with zero attached hydrogens (tertiary/aromatic N) is 1. The predicted octanol–water partition coefficient (Wildman–Crippen LogP) is 2.31. The van der Waals surface area contributed by atoms with Crippen molar-refractivity contribution < 1.29 is 23.8 Å². The van der Waals surface area contributed by atoms with Crippen molar-refractivity contribution in [3.05, 3.63) is 30.1 Å². The molecular weight excluding hydrogens is 277 g/mol. The van der Waals surface area contributed by atoms with E-state index in [-0.39, 0.29) is 31.4 Å². The molecule has 5 nitrogen and oxygen atoms in total. The maximum atomic E-state index is 13.0. The quantitative estimate of drug-likeness (QED) is 0.799. The molecule has 1 rings (SSSR count). The molecule has 0 bridgehead atoms. The van der Waals surface area contributed by atoms with Gasteiger partial charge in [0.2, 0.25) is 5.91 Å². The maximum Gasteiger partial charge on any atom is 0.305 e. The van der Waals surface area contributed by atoms with Crippen LogP contribution in [0.4, 0.5) is 4.39 Å². The topological polar surface area (TPSA) is 66.8 Å². The first-order chi connectivity index (χ1) is 9.93. The number of carboxylic acids is 1. The predicted molar refractivity (Wildman–Crippen MR) is 75.6 cm³/mol. The van der Waals surface area contributed by atoms with Crippen molar-refractivity contribution in [3.63, 3.8) is 0 Å². The zero-order chi connectivity index (χ0) is 15.8. The molecule has 0 aliphatic carbocycles. The van der Waals surface area contributed by atoms with Gasteiger partial charge in [0.1, 0.15) is 11.6 Å². The van der Waals surface area contributed by atoms with E-state index in [1.807, 2.05) is 0 Å². The van der Waals surface area contributed by atoms with Crippen molar-refractivity contribution in [2.75, 3.05) is 13.2 Å². The Morgan fingerprint density at radius 1 is 1.43 bits per heavy atom. The summed E-state index contributed by atoms with van der Waals surface area (Å²) >= 11 is 0. The van der Waals surface area contributed by atoms with Crippen LogP contribution in [0.3, 0.4) is 0 Å². The number of hydrogen-bond acceptors (Lipinski definition) is 3. The molecule has 1 amide bonds. The molecule has 0 fully saturated rings. The third kappa shape index (κ3) is 5.81. The lowest BCUT2D eigenvalue weighted by Crippen LogP contribution is -2.40. The molecule has 1 aromatic rings. The summed E-state index contributed by atoms with van der Waals surface area (Å²) in [5, 5.41) is 8.76. The molecule has 0 saturated heterocycles. The summed E-state index contributed by atoms with van der Waals surface area (Å²) in [4.78, 5) is 24.2. The Hall–Kier alpha value is -2.11. The number of halogens is 1. The zero-order valence-corrected chi connectivity index (χ0v) is 12.2. The Labute approximate surface area is 123 Å². The number of benzene rings is 1. The highest BCUT2D eigenvalue weighted by Crippen LogP contribution is 2.13. The van der Waals surface area contributed by atoms with Crippen LogP contribution in [-0.4, -0.2) is 41.1 Å². The summed E-state index contributed by atoms with van der Waals surface area (Å²) in [6.07, 6.45) is 0.0264. The van der Waals surface area contributed by atoms with Gasteiger partial charge in [-0.1, -0.05) is 6.07 Å². The maximum absolute atomic E-state index is 13.0.